The van der Waals surface area contributed by atoms with Crippen LogP contribution in [0.1, 0.15) is 65.7 Å². The fourth-order valence-electron chi connectivity index (χ4n) is 6.16. The van der Waals surface area contributed by atoms with Crippen LogP contribution in [0.15, 0.2) is 21.5 Å². The van der Waals surface area contributed by atoms with Gasteiger partial charge in [-0.3, -0.25) is 0 Å². The third-order valence-corrected chi connectivity index (χ3v) is 9.13. The minimum atomic E-state index is -1.82. The van der Waals surface area contributed by atoms with E-state index in [2.05, 4.69) is 60.2 Å². The summed E-state index contributed by atoms with van der Waals surface area (Å²) >= 11 is 2.44. The van der Waals surface area contributed by atoms with E-state index in [0.29, 0.717) is 11.3 Å². The van der Waals surface area contributed by atoms with Crippen molar-refractivity contribution in [3.8, 4) is 0 Å². The summed E-state index contributed by atoms with van der Waals surface area (Å²) in [7, 11) is -1.82. The first-order valence-electron chi connectivity index (χ1n) is 10.9. The highest BCUT2D eigenvalue weighted by molar-refractivity contribution is 14.1. The topological polar surface area (TPSA) is 35.5 Å². The van der Waals surface area contributed by atoms with Gasteiger partial charge in [0.05, 0.1) is 0 Å². The Balaban J connectivity index is 1.63. The van der Waals surface area contributed by atoms with Gasteiger partial charge in [-0.25, -0.2) is 4.79 Å². The van der Waals surface area contributed by atoms with Crippen LogP contribution in [-0.4, -0.2) is 19.9 Å². The Bertz CT molecular complexity index is 680. The quantitative estimate of drug-likeness (QED) is 0.217. The van der Waals surface area contributed by atoms with Crippen molar-refractivity contribution in [3.63, 3.8) is 0 Å². The van der Waals surface area contributed by atoms with Crippen molar-refractivity contribution >= 4 is 36.9 Å². The van der Waals surface area contributed by atoms with Gasteiger partial charge in [0, 0.05) is 6.42 Å². The molecule has 1 heterocycles. The summed E-state index contributed by atoms with van der Waals surface area (Å²) in [6.07, 6.45) is 10.5. The summed E-state index contributed by atoms with van der Waals surface area (Å²) in [6.45, 7) is 13.1. The second kappa shape index (κ2) is 8.18. The van der Waals surface area contributed by atoms with E-state index in [0.717, 1.165) is 30.4 Å². The summed E-state index contributed by atoms with van der Waals surface area (Å²) in [6, 6.07) is 0. The number of carbonyl (C=O) groups is 1. The van der Waals surface area contributed by atoms with Crippen LogP contribution in [0.5, 0.6) is 0 Å². The van der Waals surface area contributed by atoms with Crippen molar-refractivity contribution in [1.82, 2.24) is 0 Å². The van der Waals surface area contributed by atoms with Gasteiger partial charge >= 0.3 is 5.97 Å². The molecule has 0 spiro atoms. The van der Waals surface area contributed by atoms with Gasteiger partial charge in [0.15, 0.2) is 13.9 Å². The smallest absolute Gasteiger partial charge is 0.346 e. The van der Waals surface area contributed by atoms with E-state index in [4.69, 9.17) is 9.16 Å². The van der Waals surface area contributed by atoms with E-state index in [1.807, 2.05) is 13.0 Å². The van der Waals surface area contributed by atoms with Crippen molar-refractivity contribution in [2.75, 3.05) is 0 Å². The highest BCUT2D eigenvalue weighted by atomic mass is 127. The van der Waals surface area contributed by atoms with Crippen LogP contribution in [0.3, 0.4) is 0 Å². The normalized spacial score (nSPS) is 38.3. The average molecular weight is 517 g/mol. The van der Waals surface area contributed by atoms with Gasteiger partial charge < -0.3 is 9.16 Å². The molecule has 5 atom stereocenters. The van der Waals surface area contributed by atoms with Crippen LogP contribution >= 0.6 is 22.6 Å². The molecule has 0 aromatic heterocycles. The first-order valence-corrected chi connectivity index (χ1v) is 15.6. The second-order valence-corrected chi connectivity index (χ2v) is 15.7. The Hall–Kier alpha value is -0.143. The number of halogens is 1. The van der Waals surface area contributed by atoms with Crippen LogP contribution in [-0.2, 0) is 14.0 Å². The Morgan fingerprint density at radius 3 is 2.71 bits per heavy atom. The zero-order valence-corrected chi connectivity index (χ0v) is 21.6. The Morgan fingerprint density at radius 2 is 2.07 bits per heavy atom. The van der Waals surface area contributed by atoms with Gasteiger partial charge in [-0.2, -0.15) is 0 Å². The lowest BCUT2D eigenvalue weighted by Gasteiger charge is -2.44. The number of esters is 1. The number of cyclic esters (lactones) is 1. The van der Waals surface area contributed by atoms with E-state index in [-0.39, 0.29) is 5.97 Å². The van der Waals surface area contributed by atoms with Crippen molar-refractivity contribution in [2.24, 2.45) is 23.2 Å². The molecule has 0 bridgehead atoms. The summed E-state index contributed by atoms with van der Waals surface area (Å²) in [5, 5.41) is 0. The molecule has 2 aliphatic carbocycles. The molecule has 5 heteroatoms. The molecular weight excluding hydrogens is 479 g/mol. The molecule has 0 amide bonds. The maximum Gasteiger partial charge on any atom is 0.346 e. The standard InChI is InChI=1S/C23H37IO3Si/c1-16(19-11-12-20-17(15-24)8-7-13-22(19,20)2)9-10-18-14-23(3,21(25)26-18)27-28(4,5)6/h14-16,19-20H,7-13H2,1-6H3/t16-,19-,20?,22-,23+/m1/s1. The maximum atomic E-state index is 12.4. The Morgan fingerprint density at radius 1 is 1.36 bits per heavy atom. The van der Waals surface area contributed by atoms with Gasteiger partial charge in [0.1, 0.15) is 5.76 Å². The molecular formula is C23H37IO3Si. The molecule has 28 heavy (non-hydrogen) atoms. The molecule has 0 aromatic rings. The van der Waals surface area contributed by atoms with Crippen LogP contribution in [0.4, 0.5) is 0 Å². The van der Waals surface area contributed by atoms with Gasteiger partial charge in [-0.15, -0.1) is 0 Å². The minimum absolute atomic E-state index is 0.241. The molecule has 1 unspecified atom stereocenters. The molecule has 3 aliphatic rings. The highest BCUT2D eigenvalue weighted by Gasteiger charge is 2.50. The third-order valence-electron chi connectivity index (χ3n) is 7.29. The Kier molecular flexibility index (Phi) is 6.58. The van der Waals surface area contributed by atoms with Crippen LogP contribution < -0.4 is 0 Å². The minimum Gasteiger partial charge on any atom is -0.429 e. The first kappa shape index (κ1) is 22.5. The van der Waals surface area contributed by atoms with Crippen molar-refractivity contribution < 1.29 is 14.0 Å². The van der Waals surface area contributed by atoms with Crippen LogP contribution in [0.2, 0.25) is 19.6 Å². The van der Waals surface area contributed by atoms with Gasteiger partial charge in [-0.1, -0.05) is 42.0 Å². The van der Waals surface area contributed by atoms with E-state index in [9.17, 15) is 4.79 Å². The predicted octanol–water partition coefficient (Wildman–Crippen LogP) is 6.99. The summed E-state index contributed by atoms with van der Waals surface area (Å²) in [5.74, 6) is 2.77. The molecule has 2 fully saturated rings. The van der Waals surface area contributed by atoms with Gasteiger partial charge in [-0.05, 0) is 98.4 Å². The molecule has 158 valence electrons. The van der Waals surface area contributed by atoms with Gasteiger partial charge in [0.2, 0.25) is 0 Å². The number of rotatable bonds is 6. The summed E-state index contributed by atoms with van der Waals surface area (Å²) < 4.78 is 14.1. The lowest BCUT2D eigenvalue weighted by molar-refractivity contribution is -0.149. The second-order valence-electron chi connectivity index (χ2n) is 10.6. The maximum absolute atomic E-state index is 12.4. The molecule has 3 rings (SSSR count). The molecule has 2 saturated carbocycles. The molecule has 3 nitrogen and oxygen atoms in total. The zero-order chi connectivity index (χ0) is 20.7. The number of carbonyl (C=O) groups excluding carboxylic acids is 1. The van der Waals surface area contributed by atoms with E-state index in [1.54, 1.807) is 5.57 Å². The van der Waals surface area contributed by atoms with Crippen LogP contribution in [0, 0.1) is 23.2 Å². The largest absolute Gasteiger partial charge is 0.429 e. The average Bonchev–Trinajstić information content (AvgIpc) is 3.07. The highest BCUT2D eigenvalue weighted by Crippen LogP contribution is 2.60. The van der Waals surface area contributed by atoms with Gasteiger partial charge in [0.25, 0.3) is 0 Å². The fourth-order valence-corrected chi connectivity index (χ4v) is 8.32. The van der Waals surface area contributed by atoms with E-state index >= 15 is 0 Å². The molecule has 0 saturated heterocycles. The number of hydrogen-bond acceptors (Lipinski definition) is 3. The lowest BCUT2D eigenvalue weighted by Crippen LogP contribution is -2.43. The van der Waals surface area contributed by atoms with Crippen molar-refractivity contribution in [3.05, 3.63) is 21.5 Å². The molecule has 1 aliphatic heterocycles. The monoisotopic (exact) mass is 516 g/mol. The number of allylic oxidation sites excluding steroid dienone is 2. The fraction of sp³-hybridized carbons (Fsp3) is 0.783. The number of fused-ring (bicyclic) bond motifs is 1. The third kappa shape index (κ3) is 4.46. The summed E-state index contributed by atoms with van der Waals surface area (Å²) in [5.41, 5.74) is 1.25. The molecule has 0 N–H and O–H groups in total. The van der Waals surface area contributed by atoms with E-state index < -0.39 is 13.9 Å². The van der Waals surface area contributed by atoms with E-state index in [1.165, 1.54) is 32.1 Å². The summed E-state index contributed by atoms with van der Waals surface area (Å²) in [4.78, 5) is 12.4. The van der Waals surface area contributed by atoms with Crippen LogP contribution in [0.25, 0.3) is 0 Å². The lowest BCUT2D eigenvalue weighted by atomic mass is 9.61. The SMILES string of the molecule is C[C@H](CCC1=C[C@](C)(O[Si](C)(C)C)C(=O)O1)[C@H]1CCC2C(=CI)CCC[C@@]21C. The number of ether oxygens (including phenoxy) is 1. The zero-order valence-electron chi connectivity index (χ0n) is 18.4. The molecule has 0 radical (unpaired) electrons. The first-order chi connectivity index (χ1) is 13.0. The predicted molar refractivity (Wildman–Crippen MR) is 126 cm³/mol. The Labute approximate surface area is 186 Å². The van der Waals surface area contributed by atoms with Crippen molar-refractivity contribution in [1.29, 1.82) is 0 Å². The van der Waals surface area contributed by atoms with Crippen molar-refractivity contribution in [2.45, 2.75) is 91.0 Å². The molecule has 0 aromatic carbocycles. The number of hydrogen-bond donors (Lipinski definition) is 0.